The normalized spacial score (nSPS) is 11.5. The van der Waals surface area contributed by atoms with Crippen molar-refractivity contribution in [1.82, 2.24) is 0 Å². The minimum absolute atomic E-state index is 0.0382. The highest BCUT2D eigenvalue weighted by Gasteiger charge is 2.33. The van der Waals surface area contributed by atoms with Crippen LogP contribution in [0.3, 0.4) is 0 Å². The zero-order chi connectivity index (χ0) is 14.6. The van der Waals surface area contributed by atoms with E-state index in [4.69, 9.17) is 5.73 Å². The van der Waals surface area contributed by atoms with E-state index in [0.717, 1.165) is 31.9 Å². The molecule has 3 nitrogen and oxygen atoms in total. The molecule has 1 rings (SSSR count). The van der Waals surface area contributed by atoms with Gasteiger partial charge in [0.25, 0.3) is 0 Å². The summed E-state index contributed by atoms with van der Waals surface area (Å²) in [7, 11) is 0. The van der Waals surface area contributed by atoms with Crippen LogP contribution in [0.25, 0.3) is 0 Å². The Kier molecular flexibility index (Phi) is 6.50. The van der Waals surface area contributed by atoms with E-state index >= 15 is 0 Å². The van der Waals surface area contributed by atoms with Crippen molar-refractivity contribution in [1.29, 1.82) is 0 Å². The Hall–Kier alpha value is 0.0900. The fourth-order valence-electron chi connectivity index (χ4n) is 1.86. The number of benzene rings is 1. The molecule has 0 aliphatic carbocycles. The van der Waals surface area contributed by atoms with Gasteiger partial charge in [-0.15, -0.1) is 0 Å². The van der Waals surface area contributed by atoms with E-state index in [1.807, 2.05) is 26.0 Å². The van der Waals surface area contributed by atoms with Gasteiger partial charge < -0.3 is 11.1 Å². The second-order valence-electron chi connectivity index (χ2n) is 4.39. The number of halogens is 3. The first-order chi connectivity index (χ1) is 8.90. The first-order valence-corrected chi connectivity index (χ1v) is 8.44. The van der Waals surface area contributed by atoms with E-state index in [0.29, 0.717) is 6.54 Å². The summed E-state index contributed by atoms with van der Waals surface area (Å²) < 4.78 is 2.57. The molecule has 0 aliphatic heterocycles. The molecular formula is C13H17Br3N2O. The molecule has 0 radical (unpaired) electrons. The maximum absolute atomic E-state index is 12.5. The summed E-state index contributed by atoms with van der Waals surface area (Å²) in [5, 5.41) is 2.97. The van der Waals surface area contributed by atoms with Crippen LogP contribution in [0, 0.1) is 5.41 Å². The lowest BCUT2D eigenvalue weighted by atomic mass is 9.81. The average Bonchev–Trinajstić information content (AvgIpc) is 2.36. The van der Waals surface area contributed by atoms with Gasteiger partial charge in [0.15, 0.2) is 0 Å². The van der Waals surface area contributed by atoms with Gasteiger partial charge in [-0.25, -0.2) is 0 Å². The average molecular weight is 457 g/mol. The molecule has 6 heteroatoms. The number of nitrogens with one attached hydrogen (secondary N) is 1. The van der Waals surface area contributed by atoms with Gasteiger partial charge in [-0.1, -0.05) is 29.8 Å². The highest BCUT2D eigenvalue weighted by Crippen LogP contribution is 2.36. The molecule has 0 atom stereocenters. The zero-order valence-electron chi connectivity index (χ0n) is 10.9. The van der Waals surface area contributed by atoms with Crippen molar-refractivity contribution in [2.24, 2.45) is 11.1 Å². The Morgan fingerprint density at radius 1 is 1.21 bits per heavy atom. The molecule has 0 aromatic heterocycles. The second-order valence-corrected chi connectivity index (χ2v) is 7.01. The van der Waals surface area contributed by atoms with Crippen LogP contribution < -0.4 is 11.1 Å². The molecule has 106 valence electrons. The summed E-state index contributed by atoms with van der Waals surface area (Å²) in [5.41, 5.74) is 6.01. The predicted octanol–water partition coefficient (Wildman–Crippen LogP) is 4.68. The van der Waals surface area contributed by atoms with E-state index < -0.39 is 5.41 Å². The molecular weight excluding hydrogens is 440 g/mol. The number of carbonyl (C=O) groups is 1. The van der Waals surface area contributed by atoms with Gasteiger partial charge >= 0.3 is 0 Å². The number of nitrogens with two attached hydrogens (primary N) is 1. The molecule has 19 heavy (non-hydrogen) atoms. The number of rotatable bonds is 5. The third kappa shape index (κ3) is 3.80. The fraction of sp³-hybridized carbons (Fsp3) is 0.462. The van der Waals surface area contributed by atoms with Gasteiger partial charge in [-0.3, -0.25) is 4.79 Å². The maximum atomic E-state index is 12.5. The van der Waals surface area contributed by atoms with Crippen LogP contribution in [0.1, 0.15) is 26.7 Å². The predicted molar refractivity (Wildman–Crippen MR) is 90.2 cm³/mol. The molecule has 0 heterocycles. The molecule has 0 saturated heterocycles. The summed E-state index contributed by atoms with van der Waals surface area (Å²) >= 11 is 10.3. The highest BCUT2D eigenvalue weighted by molar-refractivity contribution is 9.11. The van der Waals surface area contributed by atoms with Crippen molar-refractivity contribution < 1.29 is 4.79 Å². The van der Waals surface area contributed by atoms with E-state index in [1.165, 1.54) is 0 Å². The fourth-order valence-corrected chi connectivity index (χ4v) is 4.32. The summed E-state index contributed by atoms with van der Waals surface area (Å²) in [6.07, 6.45) is 1.44. The van der Waals surface area contributed by atoms with Gasteiger partial charge in [0.2, 0.25) is 5.91 Å². The minimum Gasteiger partial charge on any atom is -0.329 e. The van der Waals surface area contributed by atoms with Gasteiger partial charge in [0.05, 0.1) is 11.1 Å². The van der Waals surface area contributed by atoms with E-state index in [2.05, 4.69) is 53.1 Å². The van der Waals surface area contributed by atoms with E-state index in [1.54, 1.807) is 0 Å². The molecule has 0 fully saturated rings. The third-order valence-electron chi connectivity index (χ3n) is 3.47. The number of hydrogen-bond acceptors (Lipinski definition) is 2. The summed E-state index contributed by atoms with van der Waals surface area (Å²) in [4.78, 5) is 12.5. The Morgan fingerprint density at radius 2 is 1.68 bits per heavy atom. The molecule has 1 aromatic rings. The molecule has 0 bridgehead atoms. The van der Waals surface area contributed by atoms with Crippen molar-refractivity contribution in [2.75, 3.05) is 11.9 Å². The van der Waals surface area contributed by atoms with E-state index in [-0.39, 0.29) is 5.91 Å². The lowest BCUT2D eigenvalue weighted by Gasteiger charge is -2.29. The minimum atomic E-state index is -0.508. The quantitative estimate of drug-likeness (QED) is 0.676. The van der Waals surface area contributed by atoms with Crippen LogP contribution in [-0.4, -0.2) is 12.5 Å². The number of hydrogen-bond donors (Lipinski definition) is 2. The van der Waals surface area contributed by atoms with E-state index in [9.17, 15) is 4.79 Å². The Morgan fingerprint density at radius 3 is 2.05 bits per heavy atom. The Bertz CT molecular complexity index is 442. The van der Waals surface area contributed by atoms with Crippen molar-refractivity contribution >= 4 is 59.4 Å². The Labute approximate surface area is 139 Å². The van der Waals surface area contributed by atoms with Crippen LogP contribution in [0.4, 0.5) is 5.69 Å². The molecule has 0 unspecified atom stereocenters. The molecule has 0 aliphatic rings. The SMILES string of the molecule is CCC(CC)(CN)C(=O)Nc1c(Br)cc(Br)cc1Br. The summed E-state index contributed by atoms with van der Waals surface area (Å²) in [5.74, 6) is -0.0382. The zero-order valence-corrected chi connectivity index (χ0v) is 15.7. The smallest absolute Gasteiger partial charge is 0.231 e. The van der Waals surface area contributed by atoms with Crippen LogP contribution in [0.2, 0.25) is 0 Å². The van der Waals surface area contributed by atoms with Gasteiger partial charge in [-0.05, 0) is 56.8 Å². The first kappa shape index (κ1) is 17.1. The first-order valence-electron chi connectivity index (χ1n) is 6.06. The third-order valence-corrected chi connectivity index (χ3v) is 5.18. The van der Waals surface area contributed by atoms with Crippen LogP contribution in [0.15, 0.2) is 25.6 Å². The lowest BCUT2D eigenvalue weighted by molar-refractivity contribution is -0.125. The maximum Gasteiger partial charge on any atom is 0.231 e. The van der Waals surface area contributed by atoms with Crippen molar-refractivity contribution in [3.05, 3.63) is 25.6 Å². The molecule has 1 aromatic carbocycles. The number of anilines is 1. The van der Waals surface area contributed by atoms with Crippen LogP contribution >= 0.6 is 47.8 Å². The number of carbonyl (C=O) groups excluding carboxylic acids is 1. The Balaban J connectivity index is 3.06. The highest BCUT2D eigenvalue weighted by atomic mass is 79.9. The topological polar surface area (TPSA) is 55.1 Å². The van der Waals surface area contributed by atoms with Crippen molar-refractivity contribution in [2.45, 2.75) is 26.7 Å². The lowest BCUT2D eigenvalue weighted by Crippen LogP contribution is -2.41. The number of amides is 1. The van der Waals surface area contributed by atoms with Crippen molar-refractivity contribution in [3.63, 3.8) is 0 Å². The molecule has 0 saturated carbocycles. The molecule has 1 amide bonds. The second kappa shape index (κ2) is 7.20. The van der Waals surface area contributed by atoms with Gasteiger partial charge in [-0.2, -0.15) is 0 Å². The standard InChI is InChI=1S/C13H17Br3N2O/c1-3-13(4-2,7-17)12(19)18-11-9(15)5-8(14)6-10(11)16/h5-6H,3-4,7,17H2,1-2H3,(H,18,19). The summed E-state index contributed by atoms with van der Waals surface area (Å²) in [6.45, 7) is 4.32. The summed E-state index contributed by atoms with van der Waals surface area (Å²) in [6, 6.07) is 3.78. The molecule has 0 spiro atoms. The van der Waals surface area contributed by atoms with Gasteiger partial charge in [0, 0.05) is 20.0 Å². The van der Waals surface area contributed by atoms with Crippen molar-refractivity contribution in [3.8, 4) is 0 Å². The van der Waals surface area contributed by atoms with Crippen LogP contribution in [-0.2, 0) is 4.79 Å². The monoisotopic (exact) mass is 454 g/mol. The largest absolute Gasteiger partial charge is 0.329 e. The van der Waals surface area contributed by atoms with Gasteiger partial charge in [0.1, 0.15) is 0 Å². The molecule has 3 N–H and O–H groups in total. The van der Waals surface area contributed by atoms with Crippen LogP contribution in [0.5, 0.6) is 0 Å².